The van der Waals surface area contributed by atoms with Crippen LogP contribution in [0.5, 0.6) is 0 Å². The first-order valence-electron chi connectivity index (χ1n) is 8.76. The van der Waals surface area contributed by atoms with Crippen molar-refractivity contribution in [3.8, 4) is 0 Å². The third-order valence-electron chi connectivity index (χ3n) is 4.81. The molecule has 32 heavy (non-hydrogen) atoms. The van der Waals surface area contributed by atoms with Gasteiger partial charge in [0.25, 0.3) is 11.8 Å². The van der Waals surface area contributed by atoms with Crippen molar-refractivity contribution in [2.24, 2.45) is 5.73 Å². The Balaban J connectivity index is 0.00000256. The number of unbranched alkanes of at least 4 members (excludes halogenated alkanes) is 2. The molecule has 0 fully saturated rings. The van der Waals surface area contributed by atoms with Gasteiger partial charge in [0.15, 0.2) is 0 Å². The summed E-state index contributed by atoms with van der Waals surface area (Å²) >= 11 is 0. The average Bonchev–Trinajstić information content (AvgIpc) is 2.64. The van der Waals surface area contributed by atoms with Gasteiger partial charge in [0.1, 0.15) is 20.2 Å². The van der Waals surface area contributed by atoms with Gasteiger partial charge in [-0.25, -0.2) is 16.8 Å². The first-order valence-corrected chi connectivity index (χ1v) is 11.6. The zero-order valence-electron chi connectivity index (χ0n) is 17.5. The van der Waals surface area contributed by atoms with Crippen molar-refractivity contribution in [3.63, 3.8) is 0 Å². The van der Waals surface area contributed by atoms with Crippen molar-refractivity contribution in [2.75, 3.05) is 18.8 Å². The van der Waals surface area contributed by atoms with Crippen LogP contribution in [0.2, 0.25) is 0 Å². The van der Waals surface area contributed by atoms with Crippen LogP contribution >= 0.6 is 0 Å². The largest absolute Gasteiger partial charge is 1.00 e. The number of amides is 2. The van der Waals surface area contributed by atoms with Gasteiger partial charge >= 0.3 is 103 Å². The van der Waals surface area contributed by atoms with Gasteiger partial charge in [-0.1, -0.05) is 6.42 Å². The number of nitrogens with two attached hydrogens (primary N) is 2. The fourth-order valence-corrected chi connectivity index (χ4v) is 4.56. The maximum atomic E-state index is 12.9. The summed E-state index contributed by atoms with van der Waals surface area (Å²) in [5, 5.41) is -0.459. The van der Waals surface area contributed by atoms with E-state index in [-0.39, 0.29) is 131 Å². The van der Waals surface area contributed by atoms with Gasteiger partial charge in [-0.05, 0) is 37.6 Å². The van der Waals surface area contributed by atoms with Crippen LogP contribution in [0.25, 0.3) is 10.8 Å². The predicted octanol–water partition coefficient (Wildman–Crippen LogP) is -6.04. The van der Waals surface area contributed by atoms with Crippen LogP contribution in [-0.2, 0) is 20.2 Å². The van der Waals surface area contributed by atoms with Crippen LogP contribution in [0.15, 0.2) is 28.0 Å². The van der Waals surface area contributed by atoms with Crippen molar-refractivity contribution < 1.29 is 138 Å². The molecule has 4 N–H and O–H groups in total. The normalized spacial score (nSPS) is 13.7. The zero-order chi connectivity index (χ0) is 22.4. The third-order valence-corrected chi connectivity index (χ3v) is 6.50. The van der Waals surface area contributed by atoms with Gasteiger partial charge in [0, 0.05) is 22.9 Å². The fraction of sp³-hybridized carbons (Fsp3) is 0.294. The number of benzene rings is 2. The summed E-state index contributed by atoms with van der Waals surface area (Å²) in [6.45, 7) is 0.371. The second kappa shape index (κ2) is 11.6. The summed E-state index contributed by atoms with van der Waals surface area (Å²) in [6, 6.07) is 2.35. The quantitative estimate of drug-likeness (QED) is 0.113. The number of nitrogens with zero attached hydrogens (tertiary/aromatic N) is 1. The Hall–Kier alpha value is 0.693. The third kappa shape index (κ3) is 6.08. The van der Waals surface area contributed by atoms with E-state index in [0.29, 0.717) is 25.8 Å². The molecule has 1 heterocycles. The molecule has 0 saturated heterocycles. The van der Waals surface area contributed by atoms with E-state index in [4.69, 9.17) is 11.5 Å². The summed E-state index contributed by atoms with van der Waals surface area (Å²) in [7, 11) is -10.2. The Morgan fingerprint density at radius 1 is 0.844 bits per heavy atom. The molecule has 162 valence electrons. The number of hydrogen-bond acceptors (Lipinski definition) is 10. The molecule has 1 aliphatic rings. The van der Waals surface area contributed by atoms with E-state index in [9.17, 15) is 35.5 Å². The summed E-state index contributed by atoms with van der Waals surface area (Å²) < 4.78 is 69.6. The molecule has 0 aromatic heterocycles. The number of carbonyl (C=O) groups excluding carboxylic acids is 2. The Morgan fingerprint density at radius 2 is 1.41 bits per heavy atom. The molecular weight excluding hydrogens is 517 g/mol. The minimum atomic E-state index is -5.15. The van der Waals surface area contributed by atoms with Gasteiger partial charge in [-0.2, -0.15) is 0 Å². The number of nitrogen functional groups attached to an aromatic ring is 1. The van der Waals surface area contributed by atoms with Crippen LogP contribution in [0.4, 0.5) is 5.69 Å². The van der Waals surface area contributed by atoms with Crippen molar-refractivity contribution in [2.45, 2.75) is 29.1 Å². The first-order chi connectivity index (χ1) is 13.9. The van der Waals surface area contributed by atoms with E-state index in [2.05, 4.69) is 0 Å². The van der Waals surface area contributed by atoms with Crippen molar-refractivity contribution >= 4 is 48.5 Å². The summed E-state index contributed by atoms with van der Waals surface area (Å²) in [5.74, 6) is -1.71. The van der Waals surface area contributed by atoms with Gasteiger partial charge in [-0.15, -0.1) is 0 Å². The number of imide groups is 1. The maximum absolute atomic E-state index is 12.9. The molecule has 0 radical (unpaired) electrons. The standard InChI is InChI=1S/C17H19N3O8S2.2K/c18-4-2-1-3-5-20-16(21)11-7-9(29(23,24)25)6-10-14(11)12(17(20)22)8-13(15(10)19)30(26,27)28;;/h6-8H,1-5,18-19H2,(H,23,24,25)(H,26,27,28);;/q;2*+1/p-2. The maximum Gasteiger partial charge on any atom is 1.00 e. The molecule has 1 aliphatic heterocycles. The molecule has 0 bridgehead atoms. The molecule has 11 nitrogen and oxygen atoms in total. The fourth-order valence-electron chi connectivity index (χ4n) is 3.40. The first kappa shape index (κ1) is 30.7. The Morgan fingerprint density at radius 3 is 1.91 bits per heavy atom. The van der Waals surface area contributed by atoms with Crippen LogP contribution < -0.4 is 114 Å². The van der Waals surface area contributed by atoms with E-state index < -0.39 is 47.5 Å². The van der Waals surface area contributed by atoms with Crippen LogP contribution in [0.3, 0.4) is 0 Å². The summed E-state index contributed by atoms with van der Waals surface area (Å²) in [4.78, 5) is 24.9. The van der Waals surface area contributed by atoms with Gasteiger partial charge in [0.2, 0.25) is 0 Å². The Kier molecular flexibility index (Phi) is 11.2. The SMILES string of the molecule is NCCCCCN1C(=O)c2cc(S(=O)(=O)[O-])cc3c(N)c(S(=O)(=O)[O-])cc(c23)C1=O.[K+].[K+]. The average molecular weight is 534 g/mol. The van der Waals surface area contributed by atoms with Crippen LogP contribution in [0, 0.1) is 0 Å². The topological polar surface area (TPSA) is 204 Å². The van der Waals surface area contributed by atoms with Crippen molar-refractivity contribution in [1.29, 1.82) is 0 Å². The summed E-state index contributed by atoms with van der Waals surface area (Å²) in [5.41, 5.74) is 9.93. The molecule has 0 spiro atoms. The number of anilines is 1. The van der Waals surface area contributed by atoms with E-state index >= 15 is 0 Å². The second-order valence-corrected chi connectivity index (χ2v) is 9.48. The Bertz CT molecular complexity index is 1270. The molecule has 2 aromatic carbocycles. The molecule has 0 atom stereocenters. The van der Waals surface area contributed by atoms with E-state index in [1.807, 2.05) is 0 Å². The van der Waals surface area contributed by atoms with E-state index in [0.717, 1.165) is 23.1 Å². The zero-order valence-corrected chi connectivity index (χ0v) is 25.3. The van der Waals surface area contributed by atoms with Gasteiger partial charge < -0.3 is 20.6 Å². The monoisotopic (exact) mass is 533 g/mol. The Labute approximate surface area is 270 Å². The number of carbonyl (C=O) groups is 2. The molecule has 0 unspecified atom stereocenters. The van der Waals surface area contributed by atoms with E-state index in [1.54, 1.807) is 0 Å². The number of hydrogen-bond donors (Lipinski definition) is 2. The van der Waals surface area contributed by atoms with Crippen LogP contribution in [-0.4, -0.2) is 55.7 Å². The molecule has 0 saturated carbocycles. The van der Waals surface area contributed by atoms with Gasteiger partial charge in [0.05, 0.1) is 21.0 Å². The van der Waals surface area contributed by atoms with Gasteiger partial charge in [-0.3, -0.25) is 14.5 Å². The molecule has 2 aromatic rings. The molecule has 2 amide bonds. The molecule has 15 heteroatoms. The van der Waals surface area contributed by atoms with Crippen molar-refractivity contribution in [1.82, 2.24) is 4.90 Å². The minimum Gasteiger partial charge on any atom is -0.744 e. The van der Waals surface area contributed by atoms with Crippen LogP contribution in [0.1, 0.15) is 40.0 Å². The second-order valence-electron chi connectivity index (χ2n) is 6.75. The molecular formula is C17H17K2N3O8S2. The predicted molar refractivity (Wildman–Crippen MR) is 103 cm³/mol. The molecule has 0 aliphatic carbocycles. The molecule has 3 rings (SSSR count). The smallest absolute Gasteiger partial charge is 0.744 e. The minimum absolute atomic E-state index is 0. The van der Waals surface area contributed by atoms with E-state index in [1.165, 1.54) is 0 Å². The summed E-state index contributed by atoms with van der Waals surface area (Å²) in [6.07, 6.45) is 1.65. The van der Waals surface area contributed by atoms with Crippen molar-refractivity contribution in [3.05, 3.63) is 29.3 Å². The number of rotatable bonds is 7.